The van der Waals surface area contributed by atoms with Gasteiger partial charge in [-0.15, -0.1) is 0 Å². The third kappa shape index (κ3) is 4.15. The molecule has 6 rings (SSSR count). The summed E-state index contributed by atoms with van der Waals surface area (Å²) in [5.41, 5.74) is 1.93. The number of aromatic nitrogens is 1. The van der Waals surface area contributed by atoms with E-state index >= 15 is 4.39 Å². The lowest BCUT2D eigenvalue weighted by Crippen LogP contribution is -2.62. The molecule has 3 atom stereocenters. The van der Waals surface area contributed by atoms with Crippen molar-refractivity contribution in [1.29, 1.82) is 0 Å². The number of H-pyrrole nitrogens is 1. The van der Waals surface area contributed by atoms with Gasteiger partial charge in [-0.05, 0) is 86.5 Å². The van der Waals surface area contributed by atoms with Crippen molar-refractivity contribution < 1.29 is 18.0 Å². The van der Waals surface area contributed by atoms with Gasteiger partial charge in [-0.1, -0.05) is 42.5 Å². The van der Waals surface area contributed by atoms with Crippen molar-refractivity contribution in [1.82, 2.24) is 14.8 Å². The molecule has 4 aromatic rings. The minimum Gasteiger partial charge on any atom is -0.356 e. The molecule has 0 radical (unpaired) electrons. The predicted molar refractivity (Wildman–Crippen MR) is 151 cm³/mol. The third-order valence-corrected chi connectivity index (χ3v) is 9.00. The average Bonchev–Trinajstić information content (AvgIpc) is 3.31. The minimum atomic E-state index is -1.42. The fraction of sp³-hybridized carbons (Fsp3) is 0.303. The first-order valence-electron chi connectivity index (χ1n) is 13.7. The molecule has 3 unspecified atom stereocenters. The van der Waals surface area contributed by atoms with Gasteiger partial charge in [0.2, 0.25) is 5.91 Å². The smallest absolute Gasteiger partial charge is 0.247 e. The lowest BCUT2D eigenvalue weighted by atomic mass is 9.64. The number of fused-ring (bicyclic) bond motifs is 4. The molecule has 3 aromatic carbocycles. The summed E-state index contributed by atoms with van der Waals surface area (Å²) in [6, 6.07) is 20.3. The number of amides is 1. The van der Waals surface area contributed by atoms with Crippen LogP contribution in [-0.4, -0.2) is 47.5 Å². The Morgan fingerprint density at radius 2 is 1.77 bits per heavy atom. The van der Waals surface area contributed by atoms with E-state index in [0.717, 1.165) is 27.7 Å². The topological polar surface area (TPSA) is 39.3 Å². The SMILES string of the molecule is CN(C)C1(c2cccc(F)c2)CCC2(CC1F)c1[nH]c3ccc(F)cc3c1CCN2C(=O)/C=C/c1ccccc1. The molecule has 1 aliphatic heterocycles. The van der Waals surface area contributed by atoms with Crippen LogP contribution in [0.4, 0.5) is 13.2 Å². The number of hydrogen-bond acceptors (Lipinski definition) is 2. The van der Waals surface area contributed by atoms with Gasteiger partial charge in [-0.3, -0.25) is 9.69 Å². The molecule has 1 N–H and O–H groups in total. The first-order chi connectivity index (χ1) is 19.2. The Morgan fingerprint density at radius 3 is 2.50 bits per heavy atom. The van der Waals surface area contributed by atoms with Crippen molar-refractivity contribution in [3.8, 4) is 0 Å². The monoisotopic (exact) mass is 543 g/mol. The number of hydrogen-bond donors (Lipinski definition) is 1. The number of rotatable bonds is 4. The van der Waals surface area contributed by atoms with Crippen LogP contribution < -0.4 is 0 Å². The first-order valence-corrected chi connectivity index (χ1v) is 13.7. The molecule has 0 saturated heterocycles. The zero-order chi connectivity index (χ0) is 28.1. The Kier molecular flexibility index (Phi) is 6.57. The summed E-state index contributed by atoms with van der Waals surface area (Å²) in [7, 11) is 3.64. The van der Waals surface area contributed by atoms with Crippen molar-refractivity contribution in [2.45, 2.75) is 42.9 Å². The summed E-state index contributed by atoms with van der Waals surface area (Å²) >= 11 is 0. The van der Waals surface area contributed by atoms with E-state index in [1.165, 1.54) is 24.3 Å². The summed E-state index contributed by atoms with van der Waals surface area (Å²) in [4.78, 5) is 20.9. The van der Waals surface area contributed by atoms with Crippen LogP contribution in [0.1, 0.15) is 41.6 Å². The zero-order valence-electron chi connectivity index (χ0n) is 22.6. The van der Waals surface area contributed by atoms with Gasteiger partial charge in [0.25, 0.3) is 0 Å². The largest absolute Gasteiger partial charge is 0.356 e. The Morgan fingerprint density at radius 1 is 1.00 bits per heavy atom. The van der Waals surface area contributed by atoms with E-state index < -0.39 is 23.1 Å². The first kappa shape index (κ1) is 26.4. The van der Waals surface area contributed by atoms with Gasteiger partial charge >= 0.3 is 0 Å². The second-order valence-electron chi connectivity index (χ2n) is 11.2. The van der Waals surface area contributed by atoms with E-state index in [4.69, 9.17) is 0 Å². The Hall–Kier alpha value is -3.84. The van der Waals surface area contributed by atoms with E-state index in [2.05, 4.69) is 4.98 Å². The number of halogens is 3. The molecule has 40 heavy (non-hydrogen) atoms. The van der Waals surface area contributed by atoms with Gasteiger partial charge in [0, 0.05) is 35.6 Å². The maximum Gasteiger partial charge on any atom is 0.247 e. The standard InChI is InChI=1S/C33H32F3N3O/c1-38(2)33(23-9-6-10-24(34)19-23)17-16-32(21-29(33)36)31-26(27-20-25(35)12-13-28(27)37-31)15-18-39(32)30(40)14-11-22-7-4-3-5-8-22/h3-14,19-20,29,37H,15-18,21H2,1-2H3/b14-11+. The summed E-state index contributed by atoms with van der Waals surface area (Å²) in [6.45, 7) is 0.385. The Bertz CT molecular complexity index is 1600. The minimum absolute atomic E-state index is 0.0227. The van der Waals surface area contributed by atoms with Gasteiger partial charge in [0.05, 0.1) is 11.1 Å². The summed E-state index contributed by atoms with van der Waals surface area (Å²) < 4.78 is 45.5. The van der Waals surface area contributed by atoms with Crippen LogP contribution in [0, 0.1) is 11.6 Å². The molecule has 1 saturated carbocycles. The quantitative estimate of drug-likeness (QED) is 0.290. The second kappa shape index (κ2) is 9.97. The summed E-state index contributed by atoms with van der Waals surface area (Å²) in [5, 5.41) is 0.770. The summed E-state index contributed by atoms with van der Waals surface area (Å²) in [5.74, 6) is -0.946. The average molecular weight is 544 g/mol. The van der Waals surface area contributed by atoms with Gasteiger partial charge < -0.3 is 9.88 Å². The highest BCUT2D eigenvalue weighted by molar-refractivity contribution is 5.93. The van der Waals surface area contributed by atoms with Crippen LogP contribution >= 0.6 is 0 Å². The lowest BCUT2D eigenvalue weighted by Gasteiger charge is -2.56. The third-order valence-electron chi connectivity index (χ3n) is 9.00. The van der Waals surface area contributed by atoms with Crippen molar-refractivity contribution in [3.63, 3.8) is 0 Å². The molecule has 4 nitrogen and oxygen atoms in total. The molecule has 1 fully saturated rings. The molecule has 1 aliphatic carbocycles. The predicted octanol–water partition coefficient (Wildman–Crippen LogP) is 6.72. The second-order valence-corrected chi connectivity index (χ2v) is 11.2. The van der Waals surface area contributed by atoms with E-state index in [-0.39, 0.29) is 18.1 Å². The van der Waals surface area contributed by atoms with E-state index in [1.807, 2.05) is 49.3 Å². The molecule has 7 heteroatoms. The van der Waals surface area contributed by atoms with Gasteiger partial charge in [0.1, 0.15) is 17.8 Å². The summed E-state index contributed by atoms with van der Waals surface area (Å²) in [6.07, 6.45) is 3.28. The highest BCUT2D eigenvalue weighted by Gasteiger charge is 2.57. The molecule has 0 bridgehead atoms. The lowest BCUT2D eigenvalue weighted by molar-refractivity contribution is -0.141. The van der Waals surface area contributed by atoms with Crippen molar-refractivity contribution in [2.75, 3.05) is 20.6 Å². The van der Waals surface area contributed by atoms with Gasteiger partial charge in [-0.25, -0.2) is 13.2 Å². The molecular weight excluding hydrogens is 511 g/mol. The van der Waals surface area contributed by atoms with Crippen LogP contribution in [-0.2, 0) is 22.3 Å². The van der Waals surface area contributed by atoms with Crippen LogP contribution in [0.2, 0.25) is 0 Å². The van der Waals surface area contributed by atoms with E-state index in [0.29, 0.717) is 31.4 Å². The van der Waals surface area contributed by atoms with Crippen molar-refractivity contribution in [2.24, 2.45) is 0 Å². The molecular formula is C33H32F3N3O. The number of alkyl halides is 1. The number of carbonyl (C=O) groups excluding carboxylic acids is 1. The fourth-order valence-electron chi connectivity index (χ4n) is 7.03. The normalized spacial score (nSPS) is 24.8. The number of nitrogens with one attached hydrogen (secondary N) is 1. The van der Waals surface area contributed by atoms with Crippen LogP contribution in [0.5, 0.6) is 0 Å². The van der Waals surface area contributed by atoms with Crippen LogP contribution in [0.3, 0.4) is 0 Å². The molecule has 1 aromatic heterocycles. The zero-order valence-corrected chi connectivity index (χ0v) is 22.6. The van der Waals surface area contributed by atoms with Crippen LogP contribution in [0.25, 0.3) is 17.0 Å². The maximum absolute atomic E-state index is 16.9. The number of carbonyl (C=O) groups is 1. The number of nitrogens with zero attached hydrogens (tertiary/aromatic N) is 2. The number of benzene rings is 3. The Balaban J connectivity index is 1.46. The van der Waals surface area contributed by atoms with Crippen molar-refractivity contribution in [3.05, 3.63) is 113 Å². The molecule has 2 heterocycles. The van der Waals surface area contributed by atoms with Gasteiger partial charge in [-0.2, -0.15) is 0 Å². The van der Waals surface area contributed by atoms with Crippen molar-refractivity contribution >= 4 is 22.9 Å². The molecule has 1 amide bonds. The molecule has 2 aliphatic rings. The highest BCUT2D eigenvalue weighted by Crippen LogP contribution is 2.54. The highest BCUT2D eigenvalue weighted by atomic mass is 19.1. The molecule has 206 valence electrons. The van der Waals surface area contributed by atoms with Gasteiger partial charge in [0.15, 0.2) is 0 Å². The molecule has 1 spiro atoms. The fourth-order valence-corrected chi connectivity index (χ4v) is 7.03. The maximum atomic E-state index is 16.9. The number of aromatic amines is 1. The van der Waals surface area contributed by atoms with E-state index in [9.17, 15) is 13.6 Å². The van der Waals surface area contributed by atoms with E-state index in [1.54, 1.807) is 35.3 Å². The van der Waals surface area contributed by atoms with Crippen LogP contribution in [0.15, 0.2) is 78.9 Å². The Labute approximate surface area is 232 Å².